The molecule has 0 radical (unpaired) electrons. The number of amides is 1. The zero-order chi connectivity index (χ0) is 16.4. The summed E-state index contributed by atoms with van der Waals surface area (Å²) in [6, 6.07) is 4.32. The van der Waals surface area contributed by atoms with Crippen molar-refractivity contribution in [2.75, 3.05) is 26.5 Å². The van der Waals surface area contributed by atoms with Gasteiger partial charge in [0.15, 0.2) is 0 Å². The van der Waals surface area contributed by atoms with Crippen molar-refractivity contribution in [1.82, 2.24) is 4.31 Å². The summed E-state index contributed by atoms with van der Waals surface area (Å²) in [6.07, 6.45) is 0. The molecular weight excluding hydrogens is 360 g/mol. The van der Waals surface area contributed by atoms with Crippen molar-refractivity contribution in [3.05, 3.63) is 18.2 Å². The normalized spacial score (nSPS) is 12.3. The molecule has 0 saturated heterocycles. The topological polar surface area (TPSA) is 75.7 Å². The third kappa shape index (κ3) is 4.18. The Hall–Kier alpha value is -1.12. The van der Waals surface area contributed by atoms with E-state index >= 15 is 0 Å². The van der Waals surface area contributed by atoms with Crippen LogP contribution in [0, 0.1) is 0 Å². The number of carbonyl (C=O) groups excluding carboxylic acids is 1. The van der Waals surface area contributed by atoms with E-state index in [1.54, 1.807) is 13.8 Å². The van der Waals surface area contributed by atoms with Gasteiger partial charge in [-0.25, -0.2) is 12.7 Å². The number of nitrogens with one attached hydrogen (secondary N) is 1. The lowest BCUT2D eigenvalue weighted by molar-refractivity contribution is -0.117. The van der Waals surface area contributed by atoms with Crippen LogP contribution in [0.25, 0.3) is 0 Å². The summed E-state index contributed by atoms with van der Waals surface area (Å²) in [5.41, 5.74) is 0.304. The van der Waals surface area contributed by atoms with E-state index in [0.29, 0.717) is 11.4 Å². The number of ether oxygens (including phenoxy) is 1. The molecule has 1 aromatic carbocycles. The molecule has 0 fully saturated rings. The van der Waals surface area contributed by atoms with Crippen molar-refractivity contribution in [3.63, 3.8) is 0 Å². The van der Waals surface area contributed by atoms with Gasteiger partial charge in [0, 0.05) is 14.1 Å². The molecule has 0 heterocycles. The number of alkyl halides is 1. The molecule has 0 bridgehead atoms. The van der Waals surface area contributed by atoms with Crippen LogP contribution in [0.15, 0.2) is 23.1 Å². The molecule has 1 amide bonds. The quantitative estimate of drug-likeness (QED) is 0.795. The third-order valence-corrected chi connectivity index (χ3v) is 4.91. The third-order valence-electron chi connectivity index (χ3n) is 2.74. The van der Waals surface area contributed by atoms with Crippen LogP contribution in [0.2, 0.25) is 0 Å². The first-order valence-corrected chi connectivity index (χ1v) is 8.34. The molecule has 0 aliphatic rings. The zero-order valence-electron chi connectivity index (χ0n) is 12.6. The highest BCUT2D eigenvalue weighted by Crippen LogP contribution is 2.30. The van der Waals surface area contributed by atoms with Gasteiger partial charge < -0.3 is 10.1 Å². The van der Waals surface area contributed by atoms with Crippen LogP contribution in [-0.4, -0.2) is 44.2 Å². The molecule has 0 aromatic heterocycles. The molecule has 0 atom stereocenters. The molecular formula is C13H19BrN2O4S. The highest BCUT2D eigenvalue weighted by molar-refractivity contribution is 9.10. The van der Waals surface area contributed by atoms with Gasteiger partial charge in [-0.05, 0) is 32.0 Å². The van der Waals surface area contributed by atoms with Crippen LogP contribution >= 0.6 is 15.9 Å². The average molecular weight is 379 g/mol. The first kappa shape index (κ1) is 17.9. The summed E-state index contributed by atoms with van der Waals surface area (Å²) >= 11 is 3.25. The predicted molar refractivity (Wildman–Crippen MR) is 85.5 cm³/mol. The van der Waals surface area contributed by atoms with Crippen molar-refractivity contribution in [2.45, 2.75) is 23.1 Å². The molecule has 0 spiro atoms. The maximum atomic E-state index is 12.1. The van der Waals surface area contributed by atoms with Crippen LogP contribution < -0.4 is 10.1 Å². The Kier molecular flexibility index (Phi) is 5.40. The fourth-order valence-corrected chi connectivity index (χ4v) is 2.45. The number of rotatable bonds is 5. The molecule has 6 nitrogen and oxygen atoms in total. The molecule has 1 aromatic rings. The van der Waals surface area contributed by atoms with Crippen LogP contribution in [0.3, 0.4) is 0 Å². The number of methoxy groups -OCH3 is 1. The standard InChI is InChI=1S/C13H19BrN2O4S/c1-13(2,14)12(17)15-10-8-9(6-7-11(10)20-5)21(18,19)16(3)4/h6-8H,1-5H3,(H,15,17). The summed E-state index contributed by atoms with van der Waals surface area (Å²) in [7, 11) is 0.756. The van der Waals surface area contributed by atoms with Gasteiger partial charge in [0.25, 0.3) is 0 Å². The van der Waals surface area contributed by atoms with Crippen LogP contribution in [-0.2, 0) is 14.8 Å². The molecule has 1 N–H and O–H groups in total. The summed E-state index contributed by atoms with van der Waals surface area (Å²) in [6.45, 7) is 3.38. The van der Waals surface area contributed by atoms with Crippen molar-refractivity contribution >= 4 is 37.5 Å². The molecule has 1 rings (SSSR count). The summed E-state index contributed by atoms with van der Waals surface area (Å²) in [5, 5.41) is 2.66. The average Bonchev–Trinajstić information content (AvgIpc) is 2.37. The Morgan fingerprint density at radius 2 is 1.90 bits per heavy atom. The number of carbonyl (C=O) groups is 1. The van der Waals surface area contributed by atoms with Crippen molar-refractivity contribution in [1.29, 1.82) is 0 Å². The number of anilines is 1. The molecule has 21 heavy (non-hydrogen) atoms. The fraction of sp³-hybridized carbons (Fsp3) is 0.462. The molecule has 8 heteroatoms. The number of hydrogen-bond donors (Lipinski definition) is 1. The number of benzene rings is 1. The molecule has 0 saturated carbocycles. The lowest BCUT2D eigenvalue weighted by Crippen LogP contribution is -2.31. The Bertz CT molecular complexity index is 636. The van der Waals surface area contributed by atoms with Gasteiger partial charge in [-0.3, -0.25) is 4.79 Å². The summed E-state index contributed by atoms with van der Waals surface area (Å²) in [5.74, 6) is 0.0815. The molecule has 0 aliphatic heterocycles. The molecule has 118 valence electrons. The molecule has 0 aliphatic carbocycles. The van der Waals surface area contributed by atoms with E-state index in [1.807, 2.05) is 0 Å². The Morgan fingerprint density at radius 1 is 1.33 bits per heavy atom. The van der Waals surface area contributed by atoms with E-state index in [1.165, 1.54) is 39.4 Å². The van der Waals surface area contributed by atoms with Crippen LogP contribution in [0.5, 0.6) is 5.75 Å². The van der Waals surface area contributed by atoms with Crippen molar-refractivity contribution in [3.8, 4) is 5.75 Å². The maximum Gasteiger partial charge on any atom is 0.242 e. The van der Waals surface area contributed by atoms with Gasteiger partial charge in [-0.1, -0.05) is 15.9 Å². The Labute approximate surface area is 133 Å². The van der Waals surface area contributed by atoms with Gasteiger partial charge in [-0.2, -0.15) is 0 Å². The van der Waals surface area contributed by atoms with Crippen LogP contribution in [0.4, 0.5) is 5.69 Å². The van der Waals surface area contributed by atoms with Gasteiger partial charge >= 0.3 is 0 Å². The number of halogens is 1. The SMILES string of the molecule is COc1ccc(S(=O)(=O)N(C)C)cc1NC(=O)C(C)(C)Br. The molecule has 0 unspecified atom stereocenters. The number of sulfonamides is 1. The summed E-state index contributed by atoms with van der Waals surface area (Å²) in [4.78, 5) is 12.1. The zero-order valence-corrected chi connectivity index (χ0v) is 15.0. The van der Waals surface area contributed by atoms with Gasteiger partial charge in [0.05, 0.1) is 22.0 Å². The second kappa shape index (κ2) is 6.33. The largest absolute Gasteiger partial charge is 0.495 e. The minimum atomic E-state index is -3.58. The minimum absolute atomic E-state index is 0.0796. The Morgan fingerprint density at radius 3 is 2.33 bits per heavy atom. The fourth-order valence-electron chi connectivity index (χ4n) is 1.43. The first-order valence-electron chi connectivity index (χ1n) is 6.11. The van der Waals surface area contributed by atoms with E-state index in [4.69, 9.17) is 4.74 Å². The van der Waals surface area contributed by atoms with E-state index in [9.17, 15) is 13.2 Å². The number of hydrogen-bond acceptors (Lipinski definition) is 4. The minimum Gasteiger partial charge on any atom is -0.495 e. The van der Waals surface area contributed by atoms with Gasteiger partial charge in [-0.15, -0.1) is 0 Å². The van der Waals surface area contributed by atoms with E-state index in [0.717, 1.165) is 4.31 Å². The van der Waals surface area contributed by atoms with E-state index < -0.39 is 14.3 Å². The lowest BCUT2D eigenvalue weighted by Gasteiger charge is -2.19. The highest BCUT2D eigenvalue weighted by atomic mass is 79.9. The maximum absolute atomic E-state index is 12.1. The monoisotopic (exact) mass is 378 g/mol. The second-order valence-electron chi connectivity index (χ2n) is 5.08. The van der Waals surface area contributed by atoms with Crippen molar-refractivity contribution in [2.24, 2.45) is 0 Å². The van der Waals surface area contributed by atoms with E-state index in [-0.39, 0.29) is 10.8 Å². The predicted octanol–water partition coefficient (Wildman–Crippen LogP) is 2.06. The first-order chi connectivity index (χ1) is 9.50. The number of nitrogens with zero attached hydrogens (tertiary/aromatic N) is 1. The second-order valence-corrected chi connectivity index (χ2v) is 9.21. The van der Waals surface area contributed by atoms with E-state index in [2.05, 4.69) is 21.2 Å². The lowest BCUT2D eigenvalue weighted by atomic mass is 10.2. The Balaban J connectivity index is 3.28. The highest BCUT2D eigenvalue weighted by Gasteiger charge is 2.26. The van der Waals surface area contributed by atoms with Gasteiger partial charge in [0.2, 0.25) is 15.9 Å². The van der Waals surface area contributed by atoms with Crippen LogP contribution in [0.1, 0.15) is 13.8 Å². The van der Waals surface area contributed by atoms with Gasteiger partial charge in [0.1, 0.15) is 5.75 Å². The van der Waals surface area contributed by atoms with Crippen molar-refractivity contribution < 1.29 is 17.9 Å². The summed E-state index contributed by atoms with van der Waals surface area (Å²) < 4.78 is 29.7. The smallest absolute Gasteiger partial charge is 0.242 e.